The first kappa shape index (κ1) is 12.3. The summed E-state index contributed by atoms with van der Waals surface area (Å²) in [6, 6.07) is 4.27. The van der Waals surface area contributed by atoms with Gasteiger partial charge in [-0.3, -0.25) is 0 Å². The molecule has 1 heterocycles. The monoisotopic (exact) mass is 246 g/mol. The molecule has 0 bridgehead atoms. The quantitative estimate of drug-likeness (QED) is 0.881. The summed E-state index contributed by atoms with van der Waals surface area (Å²) in [5.41, 5.74) is 12.3. The molecule has 0 aliphatic carbocycles. The molecule has 1 unspecified atom stereocenters. The van der Waals surface area contributed by atoms with Crippen molar-refractivity contribution < 1.29 is 0 Å². The summed E-state index contributed by atoms with van der Waals surface area (Å²) < 4.78 is 0. The molecular weight excluding hydrogens is 228 g/mol. The van der Waals surface area contributed by atoms with Crippen LogP contribution >= 0.6 is 11.3 Å². The first-order chi connectivity index (χ1) is 7.99. The Morgan fingerprint density at radius 2 is 1.71 bits per heavy atom. The number of hydrogen-bond donors (Lipinski definition) is 1. The Balaban J connectivity index is 2.43. The van der Waals surface area contributed by atoms with Crippen LogP contribution in [0.5, 0.6) is 0 Å². The van der Waals surface area contributed by atoms with Crippen molar-refractivity contribution in [3.8, 4) is 0 Å². The summed E-state index contributed by atoms with van der Waals surface area (Å²) in [4.78, 5) is 4.47. The molecule has 2 aromatic rings. The predicted octanol–water partition coefficient (Wildman–Crippen LogP) is 3.42. The standard InChI is InChI=1S/C14H18N2S/c1-8-5-10(3)12(6-9(8)2)14(15)13-7-17-11(4)16-13/h5-7,14H,15H2,1-4H3. The van der Waals surface area contributed by atoms with Crippen LogP contribution < -0.4 is 5.73 Å². The van der Waals surface area contributed by atoms with Crippen LogP contribution in [0, 0.1) is 27.7 Å². The molecule has 1 aromatic heterocycles. The number of aryl methyl sites for hydroxylation is 4. The zero-order valence-corrected chi connectivity index (χ0v) is 11.6. The second kappa shape index (κ2) is 4.59. The lowest BCUT2D eigenvalue weighted by Gasteiger charge is -2.15. The molecule has 90 valence electrons. The summed E-state index contributed by atoms with van der Waals surface area (Å²) >= 11 is 1.65. The van der Waals surface area contributed by atoms with Crippen LogP contribution in [0.3, 0.4) is 0 Å². The van der Waals surface area contributed by atoms with Crippen molar-refractivity contribution in [2.24, 2.45) is 5.73 Å². The molecule has 2 N–H and O–H groups in total. The Kier molecular flexibility index (Phi) is 3.31. The molecule has 0 amide bonds. The maximum absolute atomic E-state index is 6.29. The van der Waals surface area contributed by atoms with E-state index in [0.717, 1.165) is 10.7 Å². The summed E-state index contributed by atoms with van der Waals surface area (Å²) in [6.45, 7) is 8.37. The molecule has 0 aliphatic rings. The topological polar surface area (TPSA) is 38.9 Å². The van der Waals surface area contributed by atoms with Gasteiger partial charge in [0.15, 0.2) is 0 Å². The summed E-state index contributed by atoms with van der Waals surface area (Å²) in [7, 11) is 0. The Morgan fingerprint density at radius 3 is 2.29 bits per heavy atom. The van der Waals surface area contributed by atoms with Gasteiger partial charge in [0.2, 0.25) is 0 Å². The average molecular weight is 246 g/mol. The van der Waals surface area contributed by atoms with E-state index < -0.39 is 0 Å². The molecule has 2 nitrogen and oxygen atoms in total. The van der Waals surface area contributed by atoms with Crippen LogP contribution in [-0.2, 0) is 0 Å². The van der Waals surface area contributed by atoms with Gasteiger partial charge in [-0.05, 0) is 49.9 Å². The normalized spacial score (nSPS) is 12.8. The van der Waals surface area contributed by atoms with Gasteiger partial charge in [0, 0.05) is 5.38 Å². The minimum atomic E-state index is -0.112. The van der Waals surface area contributed by atoms with Crippen molar-refractivity contribution in [3.63, 3.8) is 0 Å². The fourth-order valence-electron chi connectivity index (χ4n) is 2.00. The minimum absolute atomic E-state index is 0.112. The van der Waals surface area contributed by atoms with Crippen molar-refractivity contribution in [2.75, 3.05) is 0 Å². The number of aromatic nitrogens is 1. The molecule has 2 rings (SSSR count). The van der Waals surface area contributed by atoms with Crippen LogP contribution in [0.1, 0.15) is 39.0 Å². The van der Waals surface area contributed by atoms with Gasteiger partial charge in [0.1, 0.15) is 0 Å². The first-order valence-electron chi connectivity index (χ1n) is 5.74. The number of rotatable bonds is 2. The predicted molar refractivity (Wildman–Crippen MR) is 73.5 cm³/mol. The fraction of sp³-hybridized carbons (Fsp3) is 0.357. The largest absolute Gasteiger partial charge is 0.319 e. The van der Waals surface area contributed by atoms with Gasteiger partial charge in [-0.1, -0.05) is 12.1 Å². The molecule has 0 saturated carbocycles. The number of benzene rings is 1. The highest BCUT2D eigenvalue weighted by Crippen LogP contribution is 2.26. The van der Waals surface area contributed by atoms with Crippen LogP contribution in [0.25, 0.3) is 0 Å². The Morgan fingerprint density at radius 1 is 1.06 bits per heavy atom. The molecule has 3 heteroatoms. The molecule has 1 aromatic carbocycles. The van der Waals surface area contributed by atoms with Gasteiger partial charge in [0.05, 0.1) is 16.7 Å². The average Bonchev–Trinajstić information content (AvgIpc) is 2.69. The number of nitrogens with zero attached hydrogens (tertiary/aromatic N) is 1. The SMILES string of the molecule is Cc1nc(C(N)c2cc(C)c(C)cc2C)cs1. The highest BCUT2D eigenvalue weighted by molar-refractivity contribution is 7.09. The van der Waals surface area contributed by atoms with Gasteiger partial charge in [-0.2, -0.15) is 0 Å². The summed E-state index contributed by atoms with van der Waals surface area (Å²) in [6.07, 6.45) is 0. The van der Waals surface area contributed by atoms with E-state index in [1.54, 1.807) is 11.3 Å². The zero-order valence-electron chi connectivity index (χ0n) is 10.7. The molecular formula is C14H18N2S. The van der Waals surface area contributed by atoms with Gasteiger partial charge in [-0.15, -0.1) is 11.3 Å². The minimum Gasteiger partial charge on any atom is -0.319 e. The lowest BCUT2D eigenvalue weighted by molar-refractivity contribution is 0.824. The van der Waals surface area contributed by atoms with Crippen LogP contribution in [0.4, 0.5) is 0 Å². The molecule has 0 radical (unpaired) electrons. The van der Waals surface area contributed by atoms with E-state index in [4.69, 9.17) is 5.73 Å². The highest BCUT2D eigenvalue weighted by Gasteiger charge is 2.15. The third-order valence-electron chi connectivity index (χ3n) is 3.17. The van der Waals surface area contributed by atoms with Crippen molar-refractivity contribution in [2.45, 2.75) is 33.7 Å². The number of nitrogens with two attached hydrogens (primary N) is 1. The van der Waals surface area contributed by atoms with E-state index in [1.807, 2.05) is 6.92 Å². The summed E-state index contributed by atoms with van der Waals surface area (Å²) in [5, 5.41) is 3.12. The van der Waals surface area contributed by atoms with Crippen LogP contribution in [0.2, 0.25) is 0 Å². The van der Waals surface area contributed by atoms with Crippen LogP contribution in [0.15, 0.2) is 17.5 Å². The Hall–Kier alpha value is -1.19. The third kappa shape index (κ3) is 2.40. The Labute approximate surface area is 107 Å². The van der Waals surface area contributed by atoms with Gasteiger partial charge < -0.3 is 5.73 Å². The van der Waals surface area contributed by atoms with Gasteiger partial charge in [-0.25, -0.2) is 4.98 Å². The molecule has 0 fully saturated rings. The number of thiazole rings is 1. The fourth-order valence-corrected chi connectivity index (χ4v) is 2.65. The van der Waals surface area contributed by atoms with Crippen molar-refractivity contribution >= 4 is 11.3 Å². The van der Waals surface area contributed by atoms with Crippen molar-refractivity contribution in [1.29, 1.82) is 0 Å². The smallest absolute Gasteiger partial charge is 0.0898 e. The van der Waals surface area contributed by atoms with E-state index in [-0.39, 0.29) is 6.04 Å². The summed E-state index contributed by atoms with van der Waals surface area (Å²) in [5.74, 6) is 0. The molecule has 0 spiro atoms. The second-order valence-corrected chi connectivity index (χ2v) is 5.62. The lowest BCUT2D eigenvalue weighted by Crippen LogP contribution is -2.14. The second-order valence-electron chi connectivity index (χ2n) is 4.56. The molecule has 17 heavy (non-hydrogen) atoms. The lowest BCUT2D eigenvalue weighted by atomic mass is 9.95. The van der Waals surface area contributed by atoms with Crippen molar-refractivity contribution in [1.82, 2.24) is 4.98 Å². The molecule has 1 atom stereocenters. The molecule has 0 saturated heterocycles. The van der Waals surface area contributed by atoms with E-state index in [0.29, 0.717) is 0 Å². The Bertz CT molecular complexity index is 543. The molecule has 0 aliphatic heterocycles. The van der Waals surface area contributed by atoms with Crippen molar-refractivity contribution in [3.05, 3.63) is 50.5 Å². The zero-order chi connectivity index (χ0) is 12.6. The highest BCUT2D eigenvalue weighted by atomic mass is 32.1. The third-order valence-corrected chi connectivity index (χ3v) is 3.96. The van der Waals surface area contributed by atoms with Crippen LogP contribution in [-0.4, -0.2) is 4.98 Å². The van der Waals surface area contributed by atoms with E-state index in [1.165, 1.54) is 22.3 Å². The maximum atomic E-state index is 6.29. The maximum Gasteiger partial charge on any atom is 0.0898 e. The van der Waals surface area contributed by atoms with E-state index in [9.17, 15) is 0 Å². The van der Waals surface area contributed by atoms with Gasteiger partial charge in [0.25, 0.3) is 0 Å². The number of hydrogen-bond acceptors (Lipinski definition) is 3. The van der Waals surface area contributed by atoms with Gasteiger partial charge >= 0.3 is 0 Å². The van der Waals surface area contributed by atoms with E-state index >= 15 is 0 Å². The van der Waals surface area contributed by atoms with E-state index in [2.05, 4.69) is 43.3 Å². The first-order valence-corrected chi connectivity index (χ1v) is 6.62.